The minimum Gasteiger partial charge on any atom is -0.394 e. The van der Waals surface area contributed by atoms with Crippen molar-refractivity contribution in [3.63, 3.8) is 0 Å². The fourth-order valence-electron chi connectivity index (χ4n) is 5.45. The second-order valence-electron chi connectivity index (χ2n) is 10.6. The quantitative estimate of drug-likeness (QED) is 0.527. The molecule has 3 aliphatic rings. The van der Waals surface area contributed by atoms with Crippen molar-refractivity contribution in [1.82, 2.24) is 9.88 Å². The SMILES string of the molecule is CC[C@@H]1CCN(C(=O)Nc2ccc(C)c(-c3cc(NC4(CO)CCC4)nc(N4CCOCC4)c3)c2)C1. The van der Waals surface area contributed by atoms with Crippen LogP contribution in [0, 0.1) is 12.8 Å². The highest BCUT2D eigenvalue weighted by molar-refractivity contribution is 5.91. The number of aryl methyl sites for hydroxylation is 1. The first-order chi connectivity index (χ1) is 17.5. The lowest BCUT2D eigenvalue weighted by atomic mass is 9.77. The Morgan fingerprint density at radius 2 is 2.00 bits per heavy atom. The molecule has 2 saturated heterocycles. The second kappa shape index (κ2) is 10.6. The third-order valence-corrected chi connectivity index (χ3v) is 8.10. The Bertz CT molecular complexity index is 1080. The van der Waals surface area contributed by atoms with Crippen LogP contribution in [0.25, 0.3) is 11.1 Å². The number of aliphatic hydroxyl groups is 1. The van der Waals surface area contributed by atoms with Crippen molar-refractivity contribution < 1.29 is 14.6 Å². The fraction of sp³-hybridized carbons (Fsp3) is 0.571. The number of anilines is 3. The number of hydrogen-bond donors (Lipinski definition) is 3. The van der Waals surface area contributed by atoms with Crippen molar-refractivity contribution in [2.75, 3.05) is 61.5 Å². The number of pyridine rings is 1. The zero-order valence-corrected chi connectivity index (χ0v) is 21.6. The van der Waals surface area contributed by atoms with Gasteiger partial charge in [0.25, 0.3) is 0 Å². The lowest BCUT2D eigenvalue weighted by molar-refractivity contribution is 0.122. The maximum Gasteiger partial charge on any atom is 0.321 e. The molecule has 1 atom stereocenters. The van der Waals surface area contributed by atoms with Crippen LogP contribution in [0.4, 0.5) is 22.1 Å². The summed E-state index contributed by atoms with van der Waals surface area (Å²) in [6.07, 6.45) is 5.19. The number of ether oxygens (including phenoxy) is 1. The number of morpholine rings is 1. The van der Waals surface area contributed by atoms with Crippen molar-refractivity contribution in [2.24, 2.45) is 5.92 Å². The first-order valence-corrected chi connectivity index (χ1v) is 13.4. The van der Waals surface area contributed by atoms with Gasteiger partial charge in [-0.2, -0.15) is 0 Å². The van der Waals surface area contributed by atoms with Crippen LogP contribution in [0.5, 0.6) is 0 Å². The van der Waals surface area contributed by atoms with E-state index in [0.29, 0.717) is 19.1 Å². The van der Waals surface area contributed by atoms with Crippen LogP contribution in [0.2, 0.25) is 0 Å². The normalized spacial score (nSPS) is 21.2. The van der Waals surface area contributed by atoms with Gasteiger partial charge in [0.05, 0.1) is 25.4 Å². The van der Waals surface area contributed by atoms with Crippen molar-refractivity contribution in [1.29, 1.82) is 0 Å². The van der Waals surface area contributed by atoms with Gasteiger partial charge in [-0.05, 0) is 79.5 Å². The summed E-state index contributed by atoms with van der Waals surface area (Å²) in [6.45, 7) is 8.99. The highest BCUT2D eigenvalue weighted by atomic mass is 16.5. The van der Waals surface area contributed by atoms with Gasteiger partial charge < -0.3 is 30.3 Å². The predicted molar refractivity (Wildman–Crippen MR) is 144 cm³/mol. The molecule has 0 spiro atoms. The van der Waals surface area contributed by atoms with E-state index in [2.05, 4.69) is 53.6 Å². The molecule has 0 unspecified atom stereocenters. The Hall–Kier alpha value is -2.84. The van der Waals surface area contributed by atoms with Crippen LogP contribution in [-0.2, 0) is 4.74 Å². The van der Waals surface area contributed by atoms with E-state index < -0.39 is 0 Å². The van der Waals surface area contributed by atoms with Gasteiger partial charge in [-0.15, -0.1) is 0 Å². The maximum atomic E-state index is 12.9. The van der Waals surface area contributed by atoms with Crippen LogP contribution in [-0.4, -0.2) is 72.6 Å². The molecule has 1 aromatic heterocycles. The fourth-order valence-corrected chi connectivity index (χ4v) is 5.45. The molecule has 8 heteroatoms. The van der Waals surface area contributed by atoms with Crippen LogP contribution >= 0.6 is 0 Å². The first-order valence-electron chi connectivity index (χ1n) is 13.4. The number of urea groups is 1. The molecule has 2 amide bonds. The van der Waals surface area contributed by atoms with Gasteiger partial charge in [0.2, 0.25) is 0 Å². The van der Waals surface area contributed by atoms with Gasteiger partial charge in [-0.3, -0.25) is 0 Å². The largest absolute Gasteiger partial charge is 0.394 e. The molecular weight excluding hydrogens is 454 g/mol. The van der Waals surface area contributed by atoms with Gasteiger partial charge >= 0.3 is 6.03 Å². The lowest BCUT2D eigenvalue weighted by Gasteiger charge is -2.41. The number of nitrogens with zero attached hydrogens (tertiary/aromatic N) is 3. The first kappa shape index (κ1) is 24.8. The van der Waals surface area contributed by atoms with Crippen molar-refractivity contribution in [2.45, 2.75) is 51.5 Å². The van der Waals surface area contributed by atoms with E-state index in [9.17, 15) is 9.90 Å². The van der Waals surface area contributed by atoms with Crippen molar-refractivity contribution >= 4 is 23.4 Å². The highest BCUT2D eigenvalue weighted by Crippen LogP contribution is 2.37. The highest BCUT2D eigenvalue weighted by Gasteiger charge is 2.36. The zero-order valence-electron chi connectivity index (χ0n) is 21.6. The number of carbonyl (C=O) groups is 1. The van der Waals surface area contributed by atoms with E-state index in [1.54, 1.807) is 0 Å². The molecule has 36 heavy (non-hydrogen) atoms. The van der Waals surface area contributed by atoms with Crippen LogP contribution in [0.1, 0.15) is 44.6 Å². The molecule has 3 fully saturated rings. The molecule has 1 aliphatic carbocycles. The summed E-state index contributed by atoms with van der Waals surface area (Å²) in [7, 11) is 0. The number of benzene rings is 1. The summed E-state index contributed by atoms with van der Waals surface area (Å²) in [5.41, 5.74) is 3.75. The Labute approximate surface area is 214 Å². The molecule has 2 aromatic rings. The minimum atomic E-state index is -0.287. The van der Waals surface area contributed by atoms with E-state index in [1.165, 1.54) is 0 Å². The smallest absolute Gasteiger partial charge is 0.321 e. The van der Waals surface area contributed by atoms with E-state index in [0.717, 1.165) is 92.3 Å². The van der Waals surface area contributed by atoms with Gasteiger partial charge in [0.15, 0.2) is 0 Å². The standard InChI is InChI=1S/C28H39N5O3/c1-3-21-7-10-33(18-21)27(35)29-23-6-5-20(2)24(17-23)22-15-25(31-28(19-34)8-4-9-28)30-26(16-22)32-11-13-36-14-12-32/h5-6,15-17,21,34H,3-4,7-14,18-19H2,1-2H3,(H,29,35)(H,30,31)/t21-/m1/s1. The molecule has 1 aromatic carbocycles. The average molecular weight is 494 g/mol. The minimum absolute atomic E-state index is 0.0262. The molecule has 3 heterocycles. The number of aliphatic hydroxyl groups excluding tert-OH is 1. The summed E-state index contributed by atoms with van der Waals surface area (Å²) in [5.74, 6) is 2.28. The molecule has 0 radical (unpaired) electrons. The van der Waals surface area contributed by atoms with Crippen molar-refractivity contribution in [3.05, 3.63) is 35.9 Å². The maximum absolute atomic E-state index is 12.9. The molecule has 5 rings (SSSR count). The number of likely N-dealkylation sites (tertiary alicyclic amines) is 1. The van der Waals surface area contributed by atoms with Gasteiger partial charge in [0, 0.05) is 31.9 Å². The summed E-state index contributed by atoms with van der Waals surface area (Å²) in [6, 6.07) is 10.3. The third-order valence-electron chi connectivity index (χ3n) is 8.10. The number of amides is 2. The van der Waals surface area contributed by atoms with E-state index in [4.69, 9.17) is 9.72 Å². The summed E-state index contributed by atoms with van der Waals surface area (Å²) < 4.78 is 5.56. The van der Waals surface area contributed by atoms with Gasteiger partial charge in [-0.1, -0.05) is 19.4 Å². The van der Waals surface area contributed by atoms with Gasteiger partial charge in [0.1, 0.15) is 11.6 Å². The van der Waals surface area contributed by atoms with Crippen molar-refractivity contribution in [3.8, 4) is 11.1 Å². The molecule has 1 saturated carbocycles. The predicted octanol–water partition coefficient (Wildman–Crippen LogP) is 4.48. The molecule has 194 valence electrons. The third kappa shape index (κ3) is 5.30. The average Bonchev–Trinajstić information content (AvgIpc) is 3.37. The van der Waals surface area contributed by atoms with E-state index >= 15 is 0 Å². The Morgan fingerprint density at radius 3 is 2.67 bits per heavy atom. The Balaban J connectivity index is 1.43. The van der Waals surface area contributed by atoms with E-state index in [-0.39, 0.29) is 18.2 Å². The summed E-state index contributed by atoms with van der Waals surface area (Å²) in [4.78, 5) is 22.0. The number of hydrogen-bond acceptors (Lipinski definition) is 6. The molecule has 8 nitrogen and oxygen atoms in total. The number of aromatic nitrogens is 1. The van der Waals surface area contributed by atoms with Crippen LogP contribution in [0.3, 0.4) is 0 Å². The van der Waals surface area contributed by atoms with E-state index in [1.807, 2.05) is 11.0 Å². The van der Waals surface area contributed by atoms with Gasteiger partial charge in [-0.25, -0.2) is 9.78 Å². The lowest BCUT2D eigenvalue weighted by Crippen LogP contribution is -2.48. The summed E-state index contributed by atoms with van der Waals surface area (Å²) in [5, 5.41) is 16.7. The summed E-state index contributed by atoms with van der Waals surface area (Å²) >= 11 is 0. The Morgan fingerprint density at radius 1 is 1.19 bits per heavy atom. The molecular formula is C28H39N5O3. The zero-order chi connectivity index (χ0) is 25.1. The molecule has 0 bridgehead atoms. The molecule has 2 aliphatic heterocycles. The number of nitrogens with one attached hydrogen (secondary N) is 2. The number of rotatable bonds is 7. The number of carbonyl (C=O) groups excluding carboxylic acids is 1. The Kier molecular flexibility index (Phi) is 7.34. The van der Waals surface area contributed by atoms with Crippen LogP contribution in [0.15, 0.2) is 30.3 Å². The second-order valence-corrected chi connectivity index (χ2v) is 10.6. The topological polar surface area (TPSA) is 90.0 Å². The molecule has 3 N–H and O–H groups in total. The van der Waals surface area contributed by atoms with Crippen LogP contribution < -0.4 is 15.5 Å². The monoisotopic (exact) mass is 493 g/mol.